The maximum Gasteiger partial charge on any atom is 0.330 e. The smallest absolute Gasteiger partial charge is 0.330 e. The van der Waals surface area contributed by atoms with Crippen molar-refractivity contribution < 1.29 is 18.7 Å². The van der Waals surface area contributed by atoms with E-state index in [1.54, 1.807) is 6.08 Å². The van der Waals surface area contributed by atoms with E-state index in [1.807, 2.05) is 0 Å². The van der Waals surface area contributed by atoms with Gasteiger partial charge in [0, 0.05) is 12.3 Å². The van der Waals surface area contributed by atoms with E-state index in [4.69, 9.17) is 13.6 Å². The highest BCUT2D eigenvalue weighted by Crippen LogP contribution is 2.49. The minimum atomic E-state index is -2.37. The van der Waals surface area contributed by atoms with Crippen LogP contribution in [0.3, 0.4) is 0 Å². The number of aliphatic hydroxyl groups excluding tert-OH is 1. The van der Waals surface area contributed by atoms with Crippen molar-refractivity contribution >= 4 is 16.6 Å². The molecule has 1 unspecified atom stereocenters. The van der Waals surface area contributed by atoms with E-state index in [9.17, 15) is 14.7 Å². The van der Waals surface area contributed by atoms with Crippen molar-refractivity contribution in [2.75, 3.05) is 6.61 Å². The molecule has 2 N–H and O–H groups in total. The molecule has 1 aliphatic heterocycles. The highest BCUT2D eigenvalue weighted by molar-refractivity contribution is 6.74. The van der Waals surface area contributed by atoms with Crippen LogP contribution in [0.2, 0.25) is 36.3 Å². The van der Waals surface area contributed by atoms with Gasteiger partial charge in [-0.2, -0.15) is 0 Å². The lowest BCUT2D eigenvalue weighted by atomic mass is 9.92. The van der Waals surface area contributed by atoms with Crippen LogP contribution in [0.25, 0.3) is 0 Å². The maximum atomic E-state index is 12.8. The Morgan fingerprint density at radius 1 is 1.12 bits per heavy atom. The SMILES string of the molecule is C=CC[C@]1(CO)O[C@@H](n2ccc(=O)[nH]c2=O)[C@@H](O[Si](C)(C)C(C)(C)C)C1O[Si](C)(C)C(C)(C)C. The van der Waals surface area contributed by atoms with Crippen molar-refractivity contribution in [3.8, 4) is 0 Å². The Kier molecular flexibility index (Phi) is 8.19. The molecule has 1 aliphatic rings. The van der Waals surface area contributed by atoms with E-state index in [0.717, 1.165) is 0 Å². The summed E-state index contributed by atoms with van der Waals surface area (Å²) in [5, 5.41) is 10.4. The minimum Gasteiger partial charge on any atom is -0.408 e. The van der Waals surface area contributed by atoms with Gasteiger partial charge < -0.3 is 18.7 Å². The highest BCUT2D eigenvalue weighted by Gasteiger charge is 2.60. The van der Waals surface area contributed by atoms with Gasteiger partial charge in [0.25, 0.3) is 5.56 Å². The van der Waals surface area contributed by atoms with Gasteiger partial charge in [0.15, 0.2) is 22.9 Å². The fourth-order valence-electron chi connectivity index (χ4n) is 3.57. The molecule has 0 bridgehead atoms. The average molecular weight is 513 g/mol. The summed E-state index contributed by atoms with van der Waals surface area (Å²) in [4.78, 5) is 26.9. The van der Waals surface area contributed by atoms with E-state index in [-0.39, 0.29) is 16.7 Å². The second kappa shape index (κ2) is 9.63. The van der Waals surface area contributed by atoms with E-state index in [1.165, 1.54) is 16.8 Å². The van der Waals surface area contributed by atoms with Crippen molar-refractivity contribution in [1.82, 2.24) is 9.55 Å². The van der Waals surface area contributed by atoms with Gasteiger partial charge in [-0.05, 0) is 42.7 Å². The van der Waals surface area contributed by atoms with Crippen LogP contribution in [-0.4, -0.2) is 55.7 Å². The fraction of sp³-hybridized carbons (Fsp3) is 0.750. The summed E-state index contributed by atoms with van der Waals surface area (Å²) in [5.74, 6) is 0. The molecule has 1 aromatic heterocycles. The number of nitrogens with zero attached hydrogens (tertiary/aromatic N) is 1. The molecule has 194 valence electrons. The molecule has 1 fully saturated rings. The first kappa shape index (κ1) is 28.9. The summed E-state index contributed by atoms with van der Waals surface area (Å²) in [5.41, 5.74) is -2.24. The normalized spacial score (nSPS) is 26.6. The van der Waals surface area contributed by atoms with Gasteiger partial charge in [0.2, 0.25) is 0 Å². The zero-order valence-electron chi connectivity index (χ0n) is 22.5. The van der Waals surface area contributed by atoms with Gasteiger partial charge in [0.1, 0.15) is 17.8 Å². The van der Waals surface area contributed by atoms with Crippen molar-refractivity contribution in [3.05, 3.63) is 45.8 Å². The molecule has 0 amide bonds. The molecule has 34 heavy (non-hydrogen) atoms. The largest absolute Gasteiger partial charge is 0.408 e. The lowest BCUT2D eigenvalue weighted by molar-refractivity contribution is -0.124. The van der Waals surface area contributed by atoms with Crippen LogP contribution in [-0.2, 0) is 13.6 Å². The van der Waals surface area contributed by atoms with Gasteiger partial charge in [-0.3, -0.25) is 14.3 Å². The number of rotatable bonds is 8. The number of hydrogen-bond acceptors (Lipinski definition) is 6. The highest BCUT2D eigenvalue weighted by atomic mass is 28.4. The first-order chi connectivity index (χ1) is 15.3. The lowest BCUT2D eigenvalue weighted by Crippen LogP contribution is -2.57. The van der Waals surface area contributed by atoms with E-state index in [0.29, 0.717) is 6.42 Å². The number of H-pyrrole nitrogens is 1. The zero-order valence-corrected chi connectivity index (χ0v) is 24.5. The second-order valence-electron chi connectivity index (χ2n) is 12.4. The molecular weight excluding hydrogens is 468 g/mol. The Labute approximate surface area is 205 Å². The third-order valence-electron chi connectivity index (χ3n) is 7.80. The Bertz CT molecular complexity index is 989. The second-order valence-corrected chi connectivity index (χ2v) is 21.9. The third-order valence-corrected chi connectivity index (χ3v) is 16.7. The topological polar surface area (TPSA) is 103 Å². The number of aromatic nitrogens is 2. The summed E-state index contributed by atoms with van der Waals surface area (Å²) in [6.07, 6.45) is 1.22. The van der Waals surface area contributed by atoms with Crippen LogP contribution < -0.4 is 11.2 Å². The summed E-state index contributed by atoms with van der Waals surface area (Å²) in [6.45, 7) is 25.0. The van der Waals surface area contributed by atoms with Gasteiger partial charge in [-0.15, -0.1) is 6.58 Å². The molecule has 1 saturated heterocycles. The number of ether oxygens (including phenoxy) is 1. The van der Waals surface area contributed by atoms with Crippen LogP contribution in [0.15, 0.2) is 34.5 Å². The van der Waals surface area contributed by atoms with Gasteiger partial charge in [-0.1, -0.05) is 47.6 Å². The first-order valence-corrected chi connectivity index (χ1v) is 17.7. The van der Waals surface area contributed by atoms with E-state index in [2.05, 4.69) is 79.3 Å². The molecule has 0 spiro atoms. The monoisotopic (exact) mass is 512 g/mol. The fourth-order valence-corrected chi connectivity index (χ4v) is 6.18. The predicted molar refractivity (Wildman–Crippen MR) is 140 cm³/mol. The quantitative estimate of drug-likeness (QED) is 0.401. The number of aliphatic hydroxyl groups is 1. The predicted octanol–water partition coefficient (Wildman–Crippen LogP) is 4.15. The van der Waals surface area contributed by atoms with Crippen molar-refractivity contribution in [1.29, 1.82) is 0 Å². The van der Waals surface area contributed by atoms with Gasteiger partial charge >= 0.3 is 5.69 Å². The van der Waals surface area contributed by atoms with Crippen molar-refractivity contribution in [2.45, 2.75) is 108 Å². The lowest BCUT2D eigenvalue weighted by Gasteiger charge is -2.45. The van der Waals surface area contributed by atoms with Crippen LogP contribution >= 0.6 is 0 Å². The molecule has 0 aromatic carbocycles. The van der Waals surface area contributed by atoms with E-state index >= 15 is 0 Å². The molecule has 8 nitrogen and oxygen atoms in total. The Balaban J connectivity index is 2.75. The Morgan fingerprint density at radius 2 is 1.65 bits per heavy atom. The molecule has 2 heterocycles. The molecule has 1 aromatic rings. The molecule has 0 aliphatic carbocycles. The average Bonchev–Trinajstić information content (AvgIpc) is 2.93. The van der Waals surface area contributed by atoms with Crippen LogP contribution in [0.5, 0.6) is 0 Å². The molecule has 10 heteroatoms. The van der Waals surface area contributed by atoms with Crippen molar-refractivity contribution in [3.63, 3.8) is 0 Å². The minimum absolute atomic E-state index is 0.100. The van der Waals surface area contributed by atoms with Gasteiger partial charge in [0.05, 0.1) is 6.61 Å². The zero-order chi connectivity index (χ0) is 26.3. The van der Waals surface area contributed by atoms with Gasteiger partial charge in [-0.25, -0.2) is 4.79 Å². The Morgan fingerprint density at radius 3 is 2.09 bits per heavy atom. The molecular formula is C24H44N2O6Si2. The summed E-state index contributed by atoms with van der Waals surface area (Å²) < 4.78 is 21.7. The molecule has 4 atom stereocenters. The number of hydrogen-bond donors (Lipinski definition) is 2. The van der Waals surface area contributed by atoms with Crippen LogP contribution in [0.1, 0.15) is 54.2 Å². The Hall–Kier alpha value is -1.31. The standard InChI is InChI=1S/C24H44N2O6Si2/c1-12-14-24(16-27)19(32-34(10,11)23(5,6)7)18(31-33(8,9)22(2,3)4)20(30-24)26-15-13-17(28)25-21(26)29/h12-13,15,18-20,27H,1,14,16H2,2-11H3,(H,25,28,29)/t18-,19?,20+,24+/m0/s1. The third kappa shape index (κ3) is 5.57. The number of aromatic amines is 1. The van der Waals surface area contributed by atoms with Crippen LogP contribution in [0, 0.1) is 0 Å². The molecule has 0 saturated carbocycles. The summed E-state index contributed by atoms with van der Waals surface area (Å²) in [6, 6.07) is 1.28. The van der Waals surface area contributed by atoms with E-state index < -0.39 is 51.9 Å². The summed E-state index contributed by atoms with van der Waals surface area (Å²) >= 11 is 0. The molecule has 2 rings (SSSR count). The van der Waals surface area contributed by atoms with Crippen molar-refractivity contribution in [2.24, 2.45) is 0 Å². The number of nitrogens with one attached hydrogen (secondary N) is 1. The first-order valence-electron chi connectivity index (χ1n) is 11.9. The van der Waals surface area contributed by atoms with Crippen LogP contribution in [0.4, 0.5) is 0 Å². The molecule has 0 radical (unpaired) electrons. The maximum absolute atomic E-state index is 12.8. The summed E-state index contributed by atoms with van der Waals surface area (Å²) in [7, 11) is -4.73.